The van der Waals surface area contributed by atoms with Crippen LogP contribution >= 0.6 is 15.2 Å². The Morgan fingerprint density at radius 1 is 0.900 bits per heavy atom. The molecule has 1 atom stereocenters. The predicted molar refractivity (Wildman–Crippen MR) is 69.5 cm³/mol. The Morgan fingerprint density at radius 2 is 1.25 bits per heavy atom. The van der Waals surface area contributed by atoms with Gasteiger partial charge >= 0.3 is 0 Å². The van der Waals surface area contributed by atoms with Crippen molar-refractivity contribution in [1.29, 1.82) is 0 Å². The highest BCUT2D eigenvalue weighted by atomic mass is 31.2. The Bertz CT molecular complexity index is 389. The van der Waals surface area contributed by atoms with E-state index in [9.17, 15) is 28.7 Å². The zero-order chi connectivity index (χ0) is 16.4. The third-order valence-corrected chi connectivity index (χ3v) is 9.07. The van der Waals surface area contributed by atoms with Gasteiger partial charge in [-0.25, -0.2) is 0 Å². The topological polar surface area (TPSA) is 152 Å². The number of hydrogen-bond donors (Lipinski definition) is 1. The molecule has 7 nitrogen and oxygen atoms in total. The number of rotatable bonds is 8. The lowest BCUT2D eigenvalue weighted by Crippen LogP contribution is -2.60. The zero-order valence-corrected chi connectivity index (χ0v) is 14.1. The summed E-state index contributed by atoms with van der Waals surface area (Å²) in [7, 11) is -11.4. The Morgan fingerprint density at radius 3 is 1.40 bits per heavy atom. The molecule has 9 heteroatoms. The van der Waals surface area contributed by atoms with E-state index in [4.69, 9.17) is 5.73 Å². The van der Waals surface area contributed by atoms with E-state index in [2.05, 4.69) is 0 Å². The maximum atomic E-state index is 11.7. The van der Waals surface area contributed by atoms with E-state index in [1.54, 1.807) is 13.8 Å². The molecule has 0 aliphatic heterocycles. The van der Waals surface area contributed by atoms with Crippen molar-refractivity contribution in [3.8, 4) is 0 Å². The van der Waals surface area contributed by atoms with Crippen LogP contribution in [0.3, 0.4) is 0 Å². The molecule has 0 aromatic rings. The molecule has 122 valence electrons. The van der Waals surface area contributed by atoms with Gasteiger partial charge in [-0.2, -0.15) is 0 Å². The van der Waals surface area contributed by atoms with Gasteiger partial charge in [-0.1, -0.05) is 49.3 Å². The maximum absolute atomic E-state index is 11.7. The highest BCUT2D eigenvalue weighted by molar-refractivity contribution is 7.69. The minimum absolute atomic E-state index is 0.0228. The van der Waals surface area contributed by atoms with Crippen molar-refractivity contribution >= 4 is 15.2 Å². The van der Waals surface area contributed by atoms with Gasteiger partial charge in [-0.05, 0) is 25.2 Å². The molecule has 0 amide bonds. The molecule has 0 fully saturated rings. The van der Waals surface area contributed by atoms with Crippen molar-refractivity contribution in [3.05, 3.63) is 0 Å². The molecule has 0 rings (SSSR count). The lowest BCUT2D eigenvalue weighted by atomic mass is 9.75. The number of nitrogens with two attached hydrogens (primary N) is 1. The fraction of sp³-hybridized carbons (Fsp3) is 1.00. The monoisotopic (exact) mass is 327 g/mol. The average molecular weight is 327 g/mol. The Kier molecular flexibility index (Phi) is 6.66. The molecule has 20 heavy (non-hydrogen) atoms. The minimum Gasteiger partial charge on any atom is -0.810 e. The molecule has 0 bridgehead atoms. The Hall–Kier alpha value is 0.260. The standard InChI is InChI=1S/C11H27NO6P2/c1-5-9(10(12,6-2)7-3)11(8-4,19(13,14)15)20(16,17)18/h9H,5-8,12H2,1-4H3,(H2,13,14,15)(H2,16,17,18)/p-4. The van der Waals surface area contributed by atoms with Gasteiger partial charge in [0.05, 0.1) is 0 Å². The SMILES string of the molecule is CCC(C(N)(CC)CC)C(CC)(P(=O)([O-])[O-])P(=O)([O-])[O-]. The molecule has 0 aromatic heterocycles. The summed E-state index contributed by atoms with van der Waals surface area (Å²) in [6.07, 6.45) is -0.0263. The zero-order valence-electron chi connectivity index (χ0n) is 12.3. The number of hydrogen-bond acceptors (Lipinski definition) is 7. The maximum Gasteiger partial charge on any atom is 0.0299 e. The summed E-state index contributed by atoms with van der Waals surface area (Å²) in [5.41, 5.74) is 4.91. The van der Waals surface area contributed by atoms with Crippen LogP contribution in [-0.2, 0) is 9.13 Å². The van der Waals surface area contributed by atoms with E-state index >= 15 is 0 Å². The fourth-order valence-corrected chi connectivity index (χ4v) is 6.72. The molecular weight excluding hydrogens is 304 g/mol. The van der Waals surface area contributed by atoms with Crippen LogP contribution in [0, 0.1) is 5.92 Å². The molecule has 0 radical (unpaired) electrons. The van der Waals surface area contributed by atoms with Gasteiger partial charge in [-0.3, -0.25) is 0 Å². The first-order chi connectivity index (χ1) is 8.87. The second kappa shape index (κ2) is 6.57. The summed E-state index contributed by atoms with van der Waals surface area (Å²) in [5.74, 6) is -1.23. The molecule has 1 unspecified atom stereocenters. The van der Waals surface area contributed by atoms with Crippen LogP contribution < -0.4 is 25.3 Å². The van der Waals surface area contributed by atoms with Crippen molar-refractivity contribution in [2.24, 2.45) is 11.7 Å². The second-order valence-electron chi connectivity index (χ2n) is 5.13. The van der Waals surface area contributed by atoms with Crippen molar-refractivity contribution in [2.75, 3.05) is 0 Å². The van der Waals surface area contributed by atoms with E-state index < -0.39 is 38.0 Å². The average Bonchev–Trinajstić information content (AvgIpc) is 2.31. The van der Waals surface area contributed by atoms with E-state index in [0.717, 1.165) is 0 Å². The van der Waals surface area contributed by atoms with Crippen LogP contribution in [0.5, 0.6) is 0 Å². The van der Waals surface area contributed by atoms with E-state index in [1.165, 1.54) is 13.8 Å². The van der Waals surface area contributed by atoms with Gasteiger partial charge in [0.25, 0.3) is 0 Å². The lowest BCUT2D eigenvalue weighted by molar-refractivity contribution is -0.339. The summed E-state index contributed by atoms with van der Waals surface area (Å²) in [6, 6.07) is 0. The fourth-order valence-electron chi connectivity index (χ4n) is 3.10. The third kappa shape index (κ3) is 3.20. The van der Waals surface area contributed by atoms with Crippen molar-refractivity contribution in [1.82, 2.24) is 0 Å². The summed E-state index contributed by atoms with van der Waals surface area (Å²) in [4.78, 5) is 43.8. The molecular formula is C11H23NO6P2-4. The quantitative estimate of drug-likeness (QED) is 0.588. The van der Waals surface area contributed by atoms with E-state index in [-0.39, 0.29) is 19.3 Å². The van der Waals surface area contributed by atoms with Crippen LogP contribution in [-0.4, -0.2) is 10.4 Å². The van der Waals surface area contributed by atoms with Crippen LogP contribution in [0.2, 0.25) is 0 Å². The lowest BCUT2D eigenvalue weighted by Gasteiger charge is -2.65. The molecule has 0 saturated heterocycles. The minimum atomic E-state index is -5.69. The molecule has 0 heterocycles. The van der Waals surface area contributed by atoms with Crippen molar-refractivity contribution in [2.45, 2.75) is 63.8 Å². The second-order valence-corrected chi connectivity index (χ2v) is 9.07. The van der Waals surface area contributed by atoms with Gasteiger partial charge in [-0.15, -0.1) is 0 Å². The molecule has 0 aromatic carbocycles. The first-order valence-electron chi connectivity index (χ1n) is 6.71. The third-order valence-electron chi connectivity index (χ3n) is 4.45. The van der Waals surface area contributed by atoms with Gasteiger partial charge in [0.2, 0.25) is 0 Å². The smallest absolute Gasteiger partial charge is 0.0299 e. The summed E-state index contributed by atoms with van der Waals surface area (Å²) in [6.45, 7) is 6.11. The highest BCUT2D eigenvalue weighted by Crippen LogP contribution is 2.68. The highest BCUT2D eigenvalue weighted by Gasteiger charge is 2.50. The van der Waals surface area contributed by atoms with Gasteiger partial charge in [0.15, 0.2) is 0 Å². The van der Waals surface area contributed by atoms with Crippen LogP contribution in [0.15, 0.2) is 0 Å². The van der Waals surface area contributed by atoms with E-state index in [0.29, 0.717) is 0 Å². The van der Waals surface area contributed by atoms with Gasteiger partial charge in [0, 0.05) is 10.4 Å². The first-order valence-corrected chi connectivity index (χ1v) is 9.79. The predicted octanol–water partition coefficient (Wildman–Crippen LogP) is -0.536. The van der Waals surface area contributed by atoms with Crippen LogP contribution in [0.1, 0.15) is 53.4 Å². The van der Waals surface area contributed by atoms with E-state index in [1.807, 2.05) is 0 Å². The normalized spacial score (nSPS) is 16.2. The Labute approximate surface area is 120 Å². The van der Waals surface area contributed by atoms with Crippen molar-refractivity contribution < 1.29 is 28.7 Å². The summed E-state index contributed by atoms with van der Waals surface area (Å²) in [5, 5.41) is 0. The van der Waals surface area contributed by atoms with Gasteiger partial charge in [0.1, 0.15) is 0 Å². The summed E-state index contributed by atoms with van der Waals surface area (Å²) >= 11 is 0. The molecule has 0 spiro atoms. The Balaban J connectivity index is 6.39. The summed E-state index contributed by atoms with van der Waals surface area (Å²) < 4.78 is 23.3. The molecule has 2 N–H and O–H groups in total. The molecule has 0 aliphatic rings. The first kappa shape index (κ1) is 20.3. The van der Waals surface area contributed by atoms with Crippen LogP contribution in [0.4, 0.5) is 0 Å². The largest absolute Gasteiger partial charge is 0.810 e. The molecule has 0 aliphatic carbocycles. The van der Waals surface area contributed by atoms with Crippen molar-refractivity contribution in [3.63, 3.8) is 0 Å². The van der Waals surface area contributed by atoms with Gasteiger partial charge < -0.3 is 34.4 Å². The van der Waals surface area contributed by atoms with Crippen LogP contribution in [0.25, 0.3) is 0 Å². The molecule has 0 saturated carbocycles.